The lowest BCUT2D eigenvalue weighted by Gasteiger charge is -2.46. The van der Waals surface area contributed by atoms with E-state index in [-0.39, 0.29) is 16.7 Å². The summed E-state index contributed by atoms with van der Waals surface area (Å²) in [5.41, 5.74) is 0.937. The van der Waals surface area contributed by atoms with Gasteiger partial charge in [-0.25, -0.2) is 0 Å². The molecule has 5 heteroatoms. The number of amides is 1. The summed E-state index contributed by atoms with van der Waals surface area (Å²) in [5, 5.41) is 17.8. The summed E-state index contributed by atoms with van der Waals surface area (Å²) in [7, 11) is 0. The number of fused-ring (bicyclic) bond motifs is 2. The molecular formula is C22H32N2O3. The standard InChI is InChI=1S/C22H32N2O3/c1-20(2,22(26)11-13-27-14-12-22)15-23-16-7-9-21(10-8-16)17-5-3-4-6-18(17)24-19(21)25/h3-6,16,23,26H,7-15H2,1-2H3,(H,24,25). The van der Waals surface area contributed by atoms with Crippen LogP contribution in [0.3, 0.4) is 0 Å². The number of hydrogen-bond acceptors (Lipinski definition) is 4. The van der Waals surface area contributed by atoms with Gasteiger partial charge in [0.2, 0.25) is 5.91 Å². The van der Waals surface area contributed by atoms with Crippen LogP contribution in [0.4, 0.5) is 5.69 Å². The van der Waals surface area contributed by atoms with E-state index in [1.54, 1.807) is 0 Å². The van der Waals surface area contributed by atoms with Crippen LogP contribution in [0.5, 0.6) is 0 Å². The fourth-order valence-corrected chi connectivity index (χ4v) is 5.13. The predicted molar refractivity (Wildman–Crippen MR) is 106 cm³/mol. The van der Waals surface area contributed by atoms with E-state index in [0.717, 1.165) is 37.9 Å². The normalized spacial score (nSPS) is 30.2. The molecular weight excluding hydrogens is 340 g/mol. The molecule has 0 bridgehead atoms. The minimum Gasteiger partial charge on any atom is -0.389 e. The number of benzene rings is 1. The van der Waals surface area contributed by atoms with Gasteiger partial charge in [-0.2, -0.15) is 0 Å². The minimum atomic E-state index is -0.668. The van der Waals surface area contributed by atoms with E-state index < -0.39 is 5.60 Å². The fourth-order valence-electron chi connectivity index (χ4n) is 5.13. The fraction of sp³-hybridized carbons (Fsp3) is 0.682. The second-order valence-electron chi connectivity index (χ2n) is 9.26. The summed E-state index contributed by atoms with van der Waals surface area (Å²) in [6.07, 6.45) is 5.13. The number of nitrogens with one attached hydrogen (secondary N) is 2. The molecule has 2 fully saturated rings. The molecule has 1 aromatic rings. The van der Waals surface area contributed by atoms with Crippen LogP contribution in [0, 0.1) is 5.41 Å². The van der Waals surface area contributed by atoms with Gasteiger partial charge in [-0.15, -0.1) is 0 Å². The van der Waals surface area contributed by atoms with Gasteiger partial charge < -0.3 is 20.5 Å². The summed E-state index contributed by atoms with van der Waals surface area (Å²) in [4.78, 5) is 12.7. The number of carbonyl (C=O) groups is 1. The lowest BCUT2D eigenvalue weighted by atomic mass is 9.68. The molecule has 27 heavy (non-hydrogen) atoms. The number of hydrogen-bond donors (Lipinski definition) is 3. The van der Waals surface area contributed by atoms with E-state index in [2.05, 4.69) is 30.5 Å². The van der Waals surface area contributed by atoms with Gasteiger partial charge in [0.05, 0.1) is 11.0 Å². The Morgan fingerprint density at radius 2 is 1.85 bits per heavy atom. The van der Waals surface area contributed by atoms with Crippen molar-refractivity contribution in [1.82, 2.24) is 5.32 Å². The molecule has 3 aliphatic rings. The molecule has 0 aromatic heterocycles. The van der Waals surface area contributed by atoms with Crippen molar-refractivity contribution in [3.63, 3.8) is 0 Å². The van der Waals surface area contributed by atoms with Gasteiger partial charge in [-0.1, -0.05) is 32.0 Å². The van der Waals surface area contributed by atoms with E-state index in [0.29, 0.717) is 32.1 Å². The second-order valence-corrected chi connectivity index (χ2v) is 9.26. The van der Waals surface area contributed by atoms with Gasteiger partial charge in [0.1, 0.15) is 0 Å². The first-order valence-corrected chi connectivity index (χ1v) is 10.3. The summed E-state index contributed by atoms with van der Waals surface area (Å²) < 4.78 is 5.43. The molecule has 1 saturated carbocycles. The van der Waals surface area contributed by atoms with E-state index in [9.17, 15) is 9.90 Å². The van der Waals surface area contributed by atoms with E-state index in [1.807, 2.05) is 18.2 Å². The average molecular weight is 373 g/mol. The molecule has 0 atom stereocenters. The van der Waals surface area contributed by atoms with Crippen molar-refractivity contribution in [2.24, 2.45) is 5.41 Å². The first-order valence-electron chi connectivity index (χ1n) is 10.3. The van der Waals surface area contributed by atoms with Crippen LogP contribution in [0.25, 0.3) is 0 Å². The Morgan fingerprint density at radius 1 is 1.19 bits per heavy atom. The molecule has 4 rings (SSSR count). The Labute approximate surface area is 161 Å². The van der Waals surface area contributed by atoms with Crippen molar-refractivity contribution in [3.8, 4) is 0 Å². The van der Waals surface area contributed by atoms with Crippen LogP contribution < -0.4 is 10.6 Å². The Hall–Kier alpha value is -1.43. The second kappa shape index (κ2) is 6.87. The maximum atomic E-state index is 12.7. The molecule has 148 valence electrons. The molecule has 0 unspecified atom stereocenters. The zero-order valence-electron chi connectivity index (χ0n) is 16.5. The maximum absolute atomic E-state index is 12.7. The van der Waals surface area contributed by atoms with Gasteiger partial charge in [0.15, 0.2) is 0 Å². The third kappa shape index (κ3) is 3.20. The van der Waals surface area contributed by atoms with Crippen LogP contribution >= 0.6 is 0 Å². The van der Waals surface area contributed by atoms with Crippen molar-refractivity contribution in [2.75, 3.05) is 25.1 Å². The smallest absolute Gasteiger partial charge is 0.235 e. The van der Waals surface area contributed by atoms with Crippen molar-refractivity contribution in [1.29, 1.82) is 0 Å². The number of para-hydroxylation sites is 1. The van der Waals surface area contributed by atoms with Crippen LogP contribution in [0.2, 0.25) is 0 Å². The molecule has 2 heterocycles. The number of rotatable bonds is 4. The van der Waals surface area contributed by atoms with Crippen molar-refractivity contribution >= 4 is 11.6 Å². The highest BCUT2D eigenvalue weighted by Gasteiger charge is 2.49. The maximum Gasteiger partial charge on any atom is 0.235 e. The lowest BCUT2D eigenvalue weighted by Crippen LogP contribution is -2.55. The lowest BCUT2D eigenvalue weighted by molar-refractivity contribution is -0.132. The minimum absolute atomic E-state index is 0.166. The quantitative estimate of drug-likeness (QED) is 0.760. The van der Waals surface area contributed by atoms with Crippen molar-refractivity contribution in [2.45, 2.75) is 69.4 Å². The summed E-state index contributed by atoms with van der Waals surface area (Å²) in [6.45, 7) is 6.36. The Kier molecular flexibility index (Phi) is 4.81. The zero-order valence-corrected chi connectivity index (χ0v) is 16.5. The Morgan fingerprint density at radius 3 is 2.56 bits per heavy atom. The molecule has 1 amide bonds. The number of ether oxygens (including phenoxy) is 1. The first-order chi connectivity index (χ1) is 12.9. The van der Waals surface area contributed by atoms with Gasteiger partial charge in [-0.05, 0) is 37.3 Å². The molecule has 1 aliphatic carbocycles. The third-order valence-electron chi connectivity index (χ3n) is 7.38. The highest BCUT2D eigenvalue weighted by molar-refractivity contribution is 6.06. The number of carbonyl (C=O) groups excluding carboxylic acids is 1. The SMILES string of the molecule is CC(C)(CNC1CCC2(CC1)C(=O)Nc1ccccc12)C1(O)CCOCC1. The van der Waals surface area contributed by atoms with Gasteiger partial charge in [-0.3, -0.25) is 4.79 Å². The van der Waals surface area contributed by atoms with Crippen LogP contribution in [-0.4, -0.2) is 42.4 Å². The third-order valence-corrected chi connectivity index (χ3v) is 7.38. The zero-order chi connectivity index (χ0) is 19.1. The molecule has 2 aliphatic heterocycles. The predicted octanol–water partition coefficient (Wildman–Crippen LogP) is 2.98. The molecule has 0 radical (unpaired) electrons. The topological polar surface area (TPSA) is 70.6 Å². The van der Waals surface area contributed by atoms with Crippen LogP contribution in [0.15, 0.2) is 24.3 Å². The molecule has 5 nitrogen and oxygen atoms in total. The Bertz CT molecular complexity index is 701. The van der Waals surface area contributed by atoms with Gasteiger partial charge in [0.25, 0.3) is 0 Å². The van der Waals surface area contributed by atoms with Crippen molar-refractivity contribution in [3.05, 3.63) is 29.8 Å². The molecule has 3 N–H and O–H groups in total. The Balaban J connectivity index is 1.37. The summed E-state index contributed by atoms with van der Waals surface area (Å²) in [5.74, 6) is 0.166. The van der Waals surface area contributed by atoms with Crippen LogP contribution in [-0.2, 0) is 14.9 Å². The monoisotopic (exact) mass is 372 g/mol. The molecule has 1 saturated heterocycles. The van der Waals surface area contributed by atoms with Crippen molar-refractivity contribution < 1.29 is 14.6 Å². The van der Waals surface area contributed by atoms with Crippen LogP contribution in [0.1, 0.15) is 57.9 Å². The molecule has 1 aromatic carbocycles. The average Bonchev–Trinajstić information content (AvgIpc) is 2.94. The van der Waals surface area contributed by atoms with E-state index >= 15 is 0 Å². The first kappa shape index (κ1) is 18.9. The highest BCUT2D eigenvalue weighted by atomic mass is 16.5. The number of anilines is 1. The molecule has 1 spiro atoms. The van der Waals surface area contributed by atoms with Gasteiger partial charge >= 0.3 is 0 Å². The van der Waals surface area contributed by atoms with Gasteiger partial charge in [0, 0.05) is 49.7 Å². The highest BCUT2D eigenvalue weighted by Crippen LogP contribution is 2.47. The largest absolute Gasteiger partial charge is 0.389 e. The summed E-state index contributed by atoms with van der Waals surface area (Å²) >= 11 is 0. The summed E-state index contributed by atoms with van der Waals surface area (Å²) in [6, 6.07) is 8.52. The number of aliphatic hydroxyl groups is 1. The van der Waals surface area contributed by atoms with E-state index in [4.69, 9.17) is 4.74 Å². The van der Waals surface area contributed by atoms with E-state index in [1.165, 1.54) is 5.56 Å².